The number of rotatable bonds is 60. The number of hydrogen-bond donors (Lipinski definition) is 22. The summed E-state index contributed by atoms with van der Waals surface area (Å²) in [4.78, 5) is 273. The lowest BCUT2D eigenvalue weighted by Gasteiger charge is -2.36. The number of thioether (sulfide) groups is 1. The van der Waals surface area contributed by atoms with Crippen molar-refractivity contribution in [1.29, 1.82) is 0 Å². The van der Waals surface area contributed by atoms with E-state index in [0.29, 0.717) is 23.1 Å². The van der Waals surface area contributed by atoms with E-state index in [1.165, 1.54) is 67.8 Å². The number of carbonyl (C=O) groups is 20. The summed E-state index contributed by atoms with van der Waals surface area (Å²) in [5.41, 5.74) is 17.1. The Labute approximate surface area is 767 Å². The van der Waals surface area contributed by atoms with Crippen LogP contribution in [-0.4, -0.2) is 310 Å². The second kappa shape index (κ2) is 55.4. The SMILES string of the molecule is C=C/C(=C\CC)CSC[C@@H](NC(=O)[C@@H](C)NC(=O)[C@H](Cc1cccc2ccccc12)NC(=O)[C@H](CCC(=O)O)NC)C(=O)N[C@@H](CCC(=O)O)C(=O)N[C@@H](CC(=O)O)C(=O)N[C@@H](Cc1ccccc1)C(=O)N[C@@H](CC1CC[C@@H]1O)C(=O)N[C@@H](CC(=O)O)C(=O)N[C@H](C(=O)N[C@@H](CN(C)CCN(C)C[C@H](NC(=O)[C@H](C)N)C(=O)N[C@H](C)C(=O)N[C@H](C=O)CC(N)=O)C(N)=O)C(C)(C)C. The summed E-state index contributed by atoms with van der Waals surface area (Å²) in [6.07, 6.45) is -2.29. The number of primary amides is 2. The summed E-state index contributed by atoms with van der Waals surface area (Å²) in [6.45, 7) is 13.8. The van der Waals surface area contributed by atoms with Crippen LogP contribution < -0.4 is 91.6 Å². The van der Waals surface area contributed by atoms with Gasteiger partial charge >= 0.3 is 23.9 Å². The standard InChI is InChI=1S/C87H127N19O25S/c1-12-20-49(13-2)44-132-45-65(103-76(121)48(5)92-79(124)59(97-77(122)56(91-9)28-31-68(110)111)36-52-25-19-24-51-23-17-18-26-55(51)52)85(130)95-57(29-32-69(112)113)78(123)99-61(39-70(114)115)82(127)96-58(35-50-21-15-14-16-22-50)80(125)98-60(37-53-27-30-66(53)108)81(126)100-62(40-71(116)117)83(128)104-72(87(6,7)8)86(131)101-63(73(90)118)41-105(10)33-34-106(11)42-64(102-74(119)46(3)88)84(129)93-47(4)75(120)94-54(43-107)38-67(89)109/h13-26,43,46-48,53-54,56-66,72,91,108H,2,12,27-42,44-45,88H2,1,3-11H3,(H2,89,109)(H2,90,118)(H,92,124)(H,93,129)(H,94,120)(H,95,130)(H,96,127)(H,97,122)(H,98,125)(H,99,123)(H,100,126)(H,101,131)(H,102,119)(H,103,121)(H,104,128)(H,110,111)(H,112,113)(H,114,115)(H,116,117)/b49-20+/t46-,47+,48+,53?,54-,56-,57-,58-,59-,60-,61-,62-,63-,64-,65+,66-,72+/m0/s1. The van der Waals surface area contributed by atoms with Gasteiger partial charge in [-0.25, -0.2) is 0 Å². The van der Waals surface area contributed by atoms with E-state index in [1.54, 1.807) is 71.5 Å². The van der Waals surface area contributed by atoms with E-state index < -0.39 is 272 Å². The number of aliphatic hydroxyl groups excluding tert-OH is 1. The molecule has 1 aliphatic carbocycles. The number of nitrogens with one attached hydrogen (secondary N) is 14. The molecule has 3 aromatic rings. The zero-order valence-electron chi connectivity index (χ0n) is 75.6. The number of allylic oxidation sites excluding steroid dienone is 2. The largest absolute Gasteiger partial charge is 0.481 e. The number of aldehydes is 1. The molecule has 1 saturated carbocycles. The van der Waals surface area contributed by atoms with Crippen LogP contribution in [0.15, 0.2) is 97.1 Å². The van der Waals surface area contributed by atoms with Crippen LogP contribution >= 0.6 is 11.8 Å². The van der Waals surface area contributed by atoms with Gasteiger partial charge in [0.25, 0.3) is 0 Å². The van der Waals surface area contributed by atoms with Gasteiger partial charge in [-0.1, -0.05) is 119 Å². The van der Waals surface area contributed by atoms with Crippen LogP contribution in [-0.2, 0) is 109 Å². The Morgan fingerprint density at radius 1 is 0.500 bits per heavy atom. The summed E-state index contributed by atoms with van der Waals surface area (Å²) < 4.78 is 0. The summed E-state index contributed by atoms with van der Waals surface area (Å²) in [5, 5.41) is 86.9. The van der Waals surface area contributed by atoms with Gasteiger partial charge in [0.2, 0.25) is 88.6 Å². The molecule has 0 radical (unpaired) electrons. The summed E-state index contributed by atoms with van der Waals surface area (Å²) in [6, 6.07) is -3.25. The maximum absolute atomic E-state index is 15.0. The first kappa shape index (κ1) is 111. The Morgan fingerprint density at radius 3 is 1.45 bits per heavy atom. The molecule has 45 heteroatoms. The third kappa shape index (κ3) is 39.1. The quantitative estimate of drug-likeness (QED) is 0.0187. The van der Waals surface area contributed by atoms with Gasteiger partial charge in [0, 0.05) is 63.4 Å². The second-order valence-electron chi connectivity index (χ2n) is 33.4. The molecule has 15 amide bonds. The zero-order chi connectivity index (χ0) is 99.0. The molecule has 1 aliphatic rings. The summed E-state index contributed by atoms with van der Waals surface area (Å²) in [5.74, 6) is -22.4. The molecule has 25 N–H and O–H groups in total. The minimum atomic E-state index is -2.17. The first-order valence-corrected chi connectivity index (χ1v) is 44.0. The van der Waals surface area contributed by atoms with Crippen molar-refractivity contribution in [2.24, 2.45) is 28.5 Å². The van der Waals surface area contributed by atoms with Gasteiger partial charge in [0.15, 0.2) is 0 Å². The van der Waals surface area contributed by atoms with Crippen molar-refractivity contribution >= 4 is 141 Å². The highest BCUT2D eigenvalue weighted by molar-refractivity contribution is 7.99. The first-order valence-electron chi connectivity index (χ1n) is 42.8. The number of carboxylic acids is 4. The van der Waals surface area contributed by atoms with E-state index in [1.807, 2.05) is 25.1 Å². The van der Waals surface area contributed by atoms with Crippen molar-refractivity contribution in [3.63, 3.8) is 0 Å². The van der Waals surface area contributed by atoms with Gasteiger partial charge in [-0.2, -0.15) is 11.8 Å². The molecule has 4 rings (SSSR count). The van der Waals surface area contributed by atoms with Gasteiger partial charge in [-0.15, -0.1) is 0 Å². The summed E-state index contributed by atoms with van der Waals surface area (Å²) >= 11 is 1.11. The lowest BCUT2D eigenvalue weighted by atomic mass is 9.77. The number of carbonyl (C=O) groups excluding carboxylic acids is 16. The lowest BCUT2D eigenvalue weighted by molar-refractivity contribution is -0.143. The molecule has 726 valence electrons. The minimum Gasteiger partial charge on any atom is -0.481 e. The van der Waals surface area contributed by atoms with Gasteiger partial charge in [-0.05, 0) is 119 Å². The monoisotopic (exact) mass is 1870 g/mol. The van der Waals surface area contributed by atoms with E-state index in [-0.39, 0.29) is 69.7 Å². The van der Waals surface area contributed by atoms with Crippen LogP contribution in [0.3, 0.4) is 0 Å². The van der Waals surface area contributed by atoms with E-state index in [4.69, 9.17) is 17.2 Å². The number of likely N-dealkylation sites (N-methyl/N-ethyl adjacent to an activating group) is 3. The third-order valence-electron chi connectivity index (χ3n) is 21.3. The fourth-order valence-electron chi connectivity index (χ4n) is 13.6. The van der Waals surface area contributed by atoms with Crippen LogP contribution in [0, 0.1) is 11.3 Å². The Balaban J connectivity index is 1.62. The molecule has 0 spiro atoms. The first-order chi connectivity index (χ1) is 62.1. The number of nitrogens with zero attached hydrogens (tertiary/aromatic N) is 2. The molecule has 0 bridgehead atoms. The van der Waals surface area contributed by atoms with Gasteiger partial charge in [0.05, 0.1) is 43.5 Å². The number of amides is 15. The average molecular weight is 1870 g/mol. The number of carboxylic acid groups (broad SMARTS) is 4. The van der Waals surface area contributed by atoms with E-state index in [0.717, 1.165) is 22.5 Å². The maximum atomic E-state index is 15.0. The van der Waals surface area contributed by atoms with Gasteiger partial charge < -0.3 is 132 Å². The highest BCUT2D eigenvalue weighted by Crippen LogP contribution is 2.32. The lowest BCUT2D eigenvalue weighted by Crippen LogP contribution is -2.63. The van der Waals surface area contributed by atoms with Crippen LogP contribution in [0.1, 0.15) is 130 Å². The minimum absolute atomic E-state index is 0.0802. The molecular weight excluding hydrogens is 1740 g/mol. The molecule has 17 atom stereocenters. The van der Waals surface area contributed by atoms with E-state index in [9.17, 15) is 121 Å². The Kier molecular flexibility index (Phi) is 46.7. The van der Waals surface area contributed by atoms with Crippen LogP contribution in [0.5, 0.6) is 0 Å². The molecule has 132 heavy (non-hydrogen) atoms. The highest BCUT2D eigenvalue weighted by Gasteiger charge is 2.42. The topological polar surface area (TPSA) is 696 Å². The Hall–Kier alpha value is -12.8. The molecule has 0 aromatic heterocycles. The van der Waals surface area contributed by atoms with Crippen molar-refractivity contribution in [3.05, 3.63) is 108 Å². The van der Waals surface area contributed by atoms with E-state index in [2.05, 4.69) is 81.0 Å². The third-order valence-corrected chi connectivity index (χ3v) is 22.4. The number of nitrogens with two attached hydrogens (primary N) is 3. The second-order valence-corrected chi connectivity index (χ2v) is 34.5. The molecule has 0 saturated heterocycles. The number of hydrogen-bond acceptors (Lipinski definition) is 26. The van der Waals surface area contributed by atoms with Crippen molar-refractivity contribution in [2.75, 3.05) is 58.8 Å². The molecule has 1 fully saturated rings. The fourth-order valence-corrected chi connectivity index (χ4v) is 14.7. The fraction of sp³-hybridized carbons (Fsp3) is 0.540. The number of fused-ring (bicyclic) bond motifs is 1. The molecular formula is C87H127N19O25S. The highest BCUT2D eigenvalue weighted by atomic mass is 32.2. The normalized spacial score (nSPS) is 16.5. The predicted octanol–water partition coefficient (Wildman–Crippen LogP) is -4.53. The van der Waals surface area contributed by atoms with Gasteiger partial charge in [0.1, 0.15) is 78.8 Å². The van der Waals surface area contributed by atoms with Gasteiger partial charge in [-0.3, -0.25) is 91.1 Å². The molecule has 1 unspecified atom stereocenters. The number of aliphatic carboxylic acids is 4. The van der Waals surface area contributed by atoms with E-state index >= 15 is 0 Å². The van der Waals surface area contributed by atoms with Crippen LogP contribution in [0.2, 0.25) is 0 Å². The molecule has 0 aliphatic heterocycles. The smallest absolute Gasteiger partial charge is 0.305 e. The molecule has 3 aromatic carbocycles. The van der Waals surface area contributed by atoms with Crippen molar-refractivity contribution in [3.8, 4) is 0 Å². The zero-order valence-corrected chi connectivity index (χ0v) is 76.4. The van der Waals surface area contributed by atoms with Crippen molar-refractivity contribution < 1.29 is 121 Å². The maximum Gasteiger partial charge on any atom is 0.305 e. The molecule has 0 heterocycles. The van der Waals surface area contributed by atoms with Crippen LogP contribution in [0.4, 0.5) is 0 Å². The molecule has 44 nitrogen and oxygen atoms in total. The summed E-state index contributed by atoms with van der Waals surface area (Å²) in [7, 11) is 4.52. The Morgan fingerprint density at radius 2 is 0.947 bits per heavy atom. The number of benzene rings is 3. The Bertz CT molecular complexity index is 4610. The predicted molar refractivity (Wildman–Crippen MR) is 482 cm³/mol. The van der Waals surface area contributed by atoms with Crippen LogP contribution in [0.25, 0.3) is 10.8 Å². The van der Waals surface area contributed by atoms with Crippen molar-refractivity contribution in [2.45, 2.75) is 229 Å². The number of aliphatic hydroxyl groups is 1. The average Bonchev–Trinajstić information content (AvgIpc) is 0.812. The van der Waals surface area contributed by atoms with Crippen molar-refractivity contribution in [1.82, 2.24) is 84.2 Å².